The van der Waals surface area contributed by atoms with Crippen molar-refractivity contribution in [2.75, 3.05) is 6.26 Å². The van der Waals surface area contributed by atoms with Crippen molar-refractivity contribution in [1.29, 1.82) is 0 Å². The Balaban J connectivity index is 2.73. The van der Waals surface area contributed by atoms with Crippen LogP contribution in [0.4, 0.5) is 0 Å². The second-order valence-corrected chi connectivity index (χ2v) is 4.25. The van der Waals surface area contributed by atoms with Crippen LogP contribution < -0.4 is 5.56 Å². The Hall–Kier alpha value is -1.26. The number of hydrogen-bond acceptors (Lipinski definition) is 3. The molecule has 5 heteroatoms. The number of nitrogens with zero attached hydrogens (tertiary/aromatic N) is 2. The van der Waals surface area contributed by atoms with Crippen molar-refractivity contribution in [2.45, 2.75) is 5.16 Å². The summed E-state index contributed by atoms with van der Waals surface area (Å²) in [5, 5.41) is 0.752. The van der Waals surface area contributed by atoms with E-state index in [1.807, 2.05) is 36.6 Å². The lowest BCUT2D eigenvalue weighted by molar-refractivity contribution is 0.798. The Morgan fingerprint density at radius 3 is 2.62 bits per heavy atom. The number of para-hydroxylation sites is 1. The third kappa shape index (κ3) is 1.99. The van der Waals surface area contributed by atoms with Crippen LogP contribution in [0.15, 0.2) is 46.5 Å². The van der Waals surface area contributed by atoms with Gasteiger partial charge in [0.25, 0.3) is 5.56 Å². The van der Waals surface area contributed by atoms with Crippen LogP contribution in [0.5, 0.6) is 0 Å². The molecule has 0 fully saturated rings. The fourth-order valence-corrected chi connectivity index (χ4v) is 2.03. The van der Waals surface area contributed by atoms with Gasteiger partial charge in [-0.25, -0.2) is 4.98 Å². The summed E-state index contributed by atoms with van der Waals surface area (Å²) in [5.74, 6) is 0. The summed E-state index contributed by atoms with van der Waals surface area (Å²) in [6.07, 6.45) is 3.25. The van der Waals surface area contributed by atoms with E-state index in [-0.39, 0.29) is 10.6 Å². The molecule has 0 saturated heterocycles. The van der Waals surface area contributed by atoms with Gasteiger partial charge in [0, 0.05) is 0 Å². The Kier molecular flexibility index (Phi) is 3.31. The molecule has 2 rings (SSSR count). The van der Waals surface area contributed by atoms with E-state index in [1.165, 1.54) is 22.5 Å². The molecule has 0 aliphatic heterocycles. The zero-order valence-electron chi connectivity index (χ0n) is 8.55. The molecular weight excluding hydrogens is 244 g/mol. The van der Waals surface area contributed by atoms with Gasteiger partial charge in [-0.2, -0.15) is 0 Å². The van der Waals surface area contributed by atoms with Gasteiger partial charge in [-0.15, -0.1) is 0 Å². The van der Waals surface area contributed by atoms with Crippen molar-refractivity contribution in [3.8, 4) is 5.69 Å². The Morgan fingerprint density at radius 1 is 1.31 bits per heavy atom. The van der Waals surface area contributed by atoms with Gasteiger partial charge in [0.2, 0.25) is 0 Å². The first-order valence-corrected chi connectivity index (χ1v) is 6.21. The minimum Gasteiger partial charge on any atom is -0.267 e. The highest BCUT2D eigenvalue weighted by atomic mass is 35.5. The van der Waals surface area contributed by atoms with Crippen molar-refractivity contribution in [3.63, 3.8) is 0 Å². The number of hydrogen-bond donors (Lipinski definition) is 0. The maximum absolute atomic E-state index is 11.9. The number of rotatable bonds is 2. The van der Waals surface area contributed by atoms with E-state index in [2.05, 4.69) is 4.98 Å². The standard InChI is InChI=1S/C11H9ClN2OS/c1-16-11-13-7-9(12)10(15)14(11)8-5-3-2-4-6-8/h2-7H,1H3. The Morgan fingerprint density at radius 2 is 2.00 bits per heavy atom. The molecule has 2 aromatic rings. The molecule has 0 saturated carbocycles. The molecule has 0 atom stereocenters. The second kappa shape index (κ2) is 4.72. The van der Waals surface area contributed by atoms with Crippen LogP contribution in [-0.4, -0.2) is 15.8 Å². The minimum absolute atomic E-state index is 0.127. The number of thioether (sulfide) groups is 1. The Bertz CT molecular complexity index is 554. The van der Waals surface area contributed by atoms with E-state index in [1.54, 1.807) is 0 Å². The quantitative estimate of drug-likeness (QED) is 0.609. The molecule has 0 unspecified atom stereocenters. The van der Waals surface area contributed by atoms with Crippen LogP contribution in [0.25, 0.3) is 5.69 Å². The summed E-state index contributed by atoms with van der Waals surface area (Å²) < 4.78 is 1.51. The van der Waals surface area contributed by atoms with Crippen LogP contribution in [-0.2, 0) is 0 Å². The summed E-state index contributed by atoms with van der Waals surface area (Å²) >= 11 is 7.19. The van der Waals surface area contributed by atoms with Gasteiger partial charge < -0.3 is 0 Å². The highest BCUT2D eigenvalue weighted by molar-refractivity contribution is 7.98. The monoisotopic (exact) mass is 252 g/mol. The van der Waals surface area contributed by atoms with Gasteiger partial charge >= 0.3 is 0 Å². The van der Waals surface area contributed by atoms with Crippen molar-refractivity contribution in [2.24, 2.45) is 0 Å². The molecule has 0 aliphatic rings. The molecular formula is C11H9ClN2OS. The third-order valence-corrected chi connectivity index (χ3v) is 3.00. The number of aromatic nitrogens is 2. The molecule has 3 nitrogen and oxygen atoms in total. The molecule has 1 heterocycles. The van der Waals surface area contributed by atoms with Crippen molar-refractivity contribution in [1.82, 2.24) is 9.55 Å². The van der Waals surface area contributed by atoms with Crippen LogP contribution >= 0.6 is 23.4 Å². The van der Waals surface area contributed by atoms with E-state index in [4.69, 9.17) is 11.6 Å². The topological polar surface area (TPSA) is 34.9 Å². The lowest BCUT2D eigenvalue weighted by atomic mass is 10.3. The summed E-state index contributed by atoms with van der Waals surface area (Å²) in [7, 11) is 0. The first-order chi connectivity index (χ1) is 7.74. The largest absolute Gasteiger partial charge is 0.277 e. The predicted octanol–water partition coefficient (Wildman–Crippen LogP) is 2.61. The molecule has 82 valence electrons. The maximum atomic E-state index is 11.9. The SMILES string of the molecule is CSc1ncc(Cl)c(=O)n1-c1ccccc1. The third-order valence-electron chi connectivity index (χ3n) is 2.08. The van der Waals surface area contributed by atoms with E-state index < -0.39 is 0 Å². The number of halogens is 1. The van der Waals surface area contributed by atoms with Crippen molar-refractivity contribution < 1.29 is 0 Å². The van der Waals surface area contributed by atoms with Crippen LogP contribution in [0.3, 0.4) is 0 Å². The van der Waals surface area contributed by atoms with E-state index in [0.29, 0.717) is 5.16 Å². The zero-order valence-corrected chi connectivity index (χ0v) is 10.1. The second-order valence-electron chi connectivity index (χ2n) is 3.07. The average molecular weight is 253 g/mol. The highest BCUT2D eigenvalue weighted by Gasteiger charge is 2.09. The average Bonchev–Trinajstić information content (AvgIpc) is 2.33. The molecule has 0 aliphatic carbocycles. The summed E-state index contributed by atoms with van der Waals surface area (Å²) in [4.78, 5) is 16.1. The first kappa shape index (κ1) is 11.2. The molecule has 1 aromatic carbocycles. The zero-order chi connectivity index (χ0) is 11.5. The Labute approximate surface area is 102 Å². The lowest BCUT2D eigenvalue weighted by Crippen LogP contribution is -2.21. The van der Waals surface area contributed by atoms with Gasteiger partial charge in [0.1, 0.15) is 5.02 Å². The maximum Gasteiger partial charge on any atom is 0.277 e. The molecule has 16 heavy (non-hydrogen) atoms. The van der Waals surface area contributed by atoms with Gasteiger partial charge in [-0.3, -0.25) is 9.36 Å². The van der Waals surface area contributed by atoms with Crippen LogP contribution in [0.1, 0.15) is 0 Å². The van der Waals surface area contributed by atoms with Crippen molar-refractivity contribution in [3.05, 3.63) is 51.9 Å². The molecule has 0 spiro atoms. The van der Waals surface area contributed by atoms with E-state index in [9.17, 15) is 4.79 Å². The van der Waals surface area contributed by atoms with Crippen LogP contribution in [0, 0.1) is 0 Å². The van der Waals surface area contributed by atoms with E-state index >= 15 is 0 Å². The van der Waals surface area contributed by atoms with Gasteiger partial charge in [0.05, 0.1) is 11.9 Å². The first-order valence-electron chi connectivity index (χ1n) is 4.61. The number of benzene rings is 1. The van der Waals surface area contributed by atoms with E-state index in [0.717, 1.165) is 5.69 Å². The summed E-state index contributed by atoms with van der Waals surface area (Å²) in [6.45, 7) is 0. The molecule has 0 bridgehead atoms. The van der Waals surface area contributed by atoms with Crippen molar-refractivity contribution >= 4 is 23.4 Å². The smallest absolute Gasteiger partial charge is 0.267 e. The van der Waals surface area contributed by atoms with Crippen LogP contribution in [0.2, 0.25) is 5.02 Å². The molecule has 0 N–H and O–H groups in total. The van der Waals surface area contributed by atoms with Gasteiger partial charge in [-0.1, -0.05) is 41.6 Å². The minimum atomic E-state index is -0.243. The summed E-state index contributed by atoms with van der Waals surface area (Å²) in [6, 6.07) is 9.32. The fraction of sp³-hybridized carbons (Fsp3) is 0.0909. The predicted molar refractivity (Wildman–Crippen MR) is 66.6 cm³/mol. The van der Waals surface area contributed by atoms with Gasteiger partial charge in [-0.05, 0) is 18.4 Å². The van der Waals surface area contributed by atoms with Gasteiger partial charge in [0.15, 0.2) is 5.16 Å². The fourth-order valence-electron chi connectivity index (χ4n) is 1.37. The lowest BCUT2D eigenvalue weighted by Gasteiger charge is -2.09. The normalized spacial score (nSPS) is 10.4. The highest BCUT2D eigenvalue weighted by Crippen LogP contribution is 2.16. The summed E-state index contributed by atoms with van der Waals surface area (Å²) in [5.41, 5.74) is 0.527. The molecule has 0 amide bonds. The molecule has 1 aromatic heterocycles. The molecule has 0 radical (unpaired) electrons.